The maximum Gasteiger partial charge on any atom is 0.416 e. The number of nitrogens with zero attached hydrogens (tertiary/aromatic N) is 4. The summed E-state index contributed by atoms with van der Waals surface area (Å²) in [6.07, 6.45) is 0.189. The topological polar surface area (TPSA) is 121 Å². The Balaban J connectivity index is 1.51. The monoisotopic (exact) mass is 567 g/mol. The van der Waals surface area contributed by atoms with Gasteiger partial charge in [-0.1, -0.05) is 19.1 Å². The fourth-order valence-corrected chi connectivity index (χ4v) is 4.07. The zero-order valence-electron chi connectivity index (χ0n) is 22.9. The molecule has 0 aliphatic rings. The number of hydrogen-bond acceptors (Lipinski definition) is 8. The summed E-state index contributed by atoms with van der Waals surface area (Å²) in [6.45, 7) is 5.82. The van der Waals surface area contributed by atoms with Gasteiger partial charge in [-0.3, -0.25) is 9.36 Å². The number of halogens is 3. The van der Waals surface area contributed by atoms with Crippen LogP contribution in [0.3, 0.4) is 0 Å². The minimum absolute atomic E-state index is 0.0379. The average molecular weight is 568 g/mol. The Morgan fingerprint density at radius 2 is 1.80 bits per heavy atom. The number of imidazole rings is 1. The Hall–Kier alpha value is -4.49. The van der Waals surface area contributed by atoms with Crippen LogP contribution < -0.4 is 26.6 Å². The van der Waals surface area contributed by atoms with E-state index in [-0.39, 0.29) is 17.7 Å². The van der Waals surface area contributed by atoms with Gasteiger partial charge in [-0.05, 0) is 48.9 Å². The number of anilines is 4. The van der Waals surface area contributed by atoms with Crippen molar-refractivity contribution in [3.05, 3.63) is 83.4 Å². The number of aryl methyl sites for hydroxylation is 1. The summed E-state index contributed by atoms with van der Waals surface area (Å²) in [7, 11) is 1.76. The molecule has 2 aromatic carbocycles. The van der Waals surface area contributed by atoms with Crippen molar-refractivity contribution >= 4 is 29.0 Å². The summed E-state index contributed by atoms with van der Waals surface area (Å²) < 4.78 is 43.2. The molecule has 216 valence electrons. The summed E-state index contributed by atoms with van der Waals surface area (Å²) in [5.41, 5.74) is 1.06. The van der Waals surface area contributed by atoms with Crippen molar-refractivity contribution in [2.45, 2.75) is 26.6 Å². The van der Waals surface area contributed by atoms with E-state index < -0.39 is 17.6 Å². The highest BCUT2D eigenvalue weighted by atomic mass is 19.4. The third-order valence-electron chi connectivity index (χ3n) is 6.26. The third-order valence-corrected chi connectivity index (χ3v) is 6.26. The first-order valence-electron chi connectivity index (χ1n) is 13.0. The fourth-order valence-electron chi connectivity index (χ4n) is 4.07. The molecule has 0 saturated heterocycles. The zero-order valence-corrected chi connectivity index (χ0v) is 22.9. The lowest BCUT2D eigenvalue weighted by atomic mass is 10.0. The maximum atomic E-state index is 13.8. The molecule has 4 rings (SSSR count). The lowest BCUT2D eigenvalue weighted by Crippen LogP contribution is -2.27. The summed E-state index contributed by atoms with van der Waals surface area (Å²) in [5.74, 6) is 1.04. The van der Waals surface area contributed by atoms with Gasteiger partial charge < -0.3 is 26.6 Å². The van der Waals surface area contributed by atoms with Crippen molar-refractivity contribution in [2.24, 2.45) is 0 Å². The summed E-state index contributed by atoms with van der Waals surface area (Å²) in [5, 5.41) is 15.0. The van der Waals surface area contributed by atoms with Crippen molar-refractivity contribution in [2.75, 3.05) is 42.6 Å². The van der Waals surface area contributed by atoms with Gasteiger partial charge in [0.15, 0.2) is 0 Å². The third kappa shape index (κ3) is 7.58. The molecule has 0 aliphatic carbocycles. The van der Waals surface area contributed by atoms with Crippen LogP contribution in [0.1, 0.15) is 34.0 Å². The van der Waals surface area contributed by atoms with E-state index in [4.69, 9.17) is 0 Å². The number of benzene rings is 2. The van der Waals surface area contributed by atoms with Crippen LogP contribution in [-0.4, -0.2) is 52.1 Å². The molecule has 0 radical (unpaired) electrons. The molecule has 4 aromatic rings. The average Bonchev–Trinajstić information content (AvgIpc) is 3.42. The number of nitrogens with one attached hydrogen (secondary N) is 5. The molecule has 13 heteroatoms. The predicted octanol–water partition coefficient (Wildman–Crippen LogP) is 4.73. The van der Waals surface area contributed by atoms with Gasteiger partial charge in [-0.25, -0.2) is 15.0 Å². The number of amides is 1. The number of rotatable bonds is 12. The van der Waals surface area contributed by atoms with Gasteiger partial charge in [0.25, 0.3) is 5.91 Å². The predicted molar refractivity (Wildman–Crippen MR) is 153 cm³/mol. The molecule has 0 unspecified atom stereocenters. The second-order valence-corrected chi connectivity index (χ2v) is 9.14. The Bertz CT molecular complexity index is 1490. The van der Waals surface area contributed by atoms with E-state index in [9.17, 15) is 18.0 Å². The molecule has 0 spiro atoms. The van der Waals surface area contributed by atoms with Crippen LogP contribution in [0.15, 0.2) is 61.2 Å². The minimum Gasteiger partial charge on any atom is -0.373 e. The van der Waals surface area contributed by atoms with E-state index in [2.05, 4.69) is 41.5 Å². The summed E-state index contributed by atoms with van der Waals surface area (Å²) in [6, 6.07) is 10.6. The molecule has 1 amide bonds. The van der Waals surface area contributed by atoms with Crippen LogP contribution in [0.2, 0.25) is 0 Å². The van der Waals surface area contributed by atoms with E-state index in [1.54, 1.807) is 48.3 Å². The van der Waals surface area contributed by atoms with Gasteiger partial charge in [0, 0.05) is 62.1 Å². The second kappa shape index (κ2) is 13.2. The molecular weight excluding hydrogens is 535 g/mol. The highest BCUT2D eigenvalue weighted by Crippen LogP contribution is 2.33. The van der Waals surface area contributed by atoms with Crippen molar-refractivity contribution in [1.82, 2.24) is 30.2 Å². The molecule has 0 bridgehead atoms. The van der Waals surface area contributed by atoms with Gasteiger partial charge in [0.1, 0.15) is 18.0 Å². The highest BCUT2D eigenvalue weighted by Gasteiger charge is 2.34. The van der Waals surface area contributed by atoms with Crippen LogP contribution in [0, 0.1) is 6.92 Å². The van der Waals surface area contributed by atoms with Gasteiger partial charge >= 0.3 is 6.18 Å². The van der Waals surface area contributed by atoms with Crippen LogP contribution >= 0.6 is 0 Å². The molecule has 41 heavy (non-hydrogen) atoms. The van der Waals surface area contributed by atoms with Crippen molar-refractivity contribution < 1.29 is 18.0 Å². The molecule has 5 N–H and O–H groups in total. The molecule has 0 aliphatic heterocycles. The Morgan fingerprint density at radius 1 is 1.00 bits per heavy atom. The first-order valence-corrected chi connectivity index (χ1v) is 13.0. The standard InChI is InChI=1S/C28H32F3N9O/c1-4-33-9-10-34-16-20-7-6-19(13-22(20)28(29,30)31)26(41)38-21-8-5-18(2)23(14-21)39-27-35-11-12-40(27)25-15-24(32-3)36-17-37-25/h5-8,11-15,17,33-34H,4,9-10,16H2,1-3H3,(H,35,39)(H,38,41)(H,32,36,37). The highest BCUT2D eigenvalue weighted by molar-refractivity contribution is 6.04. The molecule has 0 fully saturated rings. The largest absolute Gasteiger partial charge is 0.416 e. The van der Waals surface area contributed by atoms with Gasteiger partial charge in [0.2, 0.25) is 5.95 Å². The molecule has 2 heterocycles. The van der Waals surface area contributed by atoms with Crippen LogP contribution in [-0.2, 0) is 12.7 Å². The lowest BCUT2D eigenvalue weighted by Gasteiger charge is -2.16. The number of alkyl halides is 3. The Morgan fingerprint density at radius 3 is 2.56 bits per heavy atom. The molecule has 2 aromatic heterocycles. The fraction of sp³-hybridized carbons (Fsp3) is 0.286. The SMILES string of the molecule is CCNCCNCc1ccc(C(=O)Nc2ccc(C)c(Nc3nccn3-c3cc(NC)ncn3)c2)cc1C(F)(F)F. The Labute approximate surface area is 235 Å². The van der Waals surface area contributed by atoms with E-state index in [1.807, 2.05) is 13.8 Å². The van der Waals surface area contributed by atoms with E-state index in [0.717, 1.165) is 18.2 Å². The summed E-state index contributed by atoms with van der Waals surface area (Å²) in [4.78, 5) is 25.8. The number of carbonyl (C=O) groups is 1. The molecule has 0 atom stereocenters. The molecule has 10 nitrogen and oxygen atoms in total. The number of likely N-dealkylation sites (N-methyl/N-ethyl adjacent to an activating group) is 1. The quantitative estimate of drug-likeness (QED) is 0.156. The summed E-state index contributed by atoms with van der Waals surface area (Å²) >= 11 is 0. The number of hydrogen-bond donors (Lipinski definition) is 5. The number of carbonyl (C=O) groups excluding carboxylic acids is 1. The van der Waals surface area contributed by atoms with Gasteiger partial charge in [-0.15, -0.1) is 0 Å². The van der Waals surface area contributed by atoms with Crippen molar-refractivity contribution in [3.63, 3.8) is 0 Å². The first kappa shape index (κ1) is 29.5. The Kier molecular flexibility index (Phi) is 9.53. The number of aromatic nitrogens is 4. The molecule has 0 saturated carbocycles. The van der Waals surface area contributed by atoms with Crippen molar-refractivity contribution in [1.29, 1.82) is 0 Å². The maximum absolute atomic E-state index is 13.8. The van der Waals surface area contributed by atoms with E-state index in [1.165, 1.54) is 18.5 Å². The van der Waals surface area contributed by atoms with Crippen molar-refractivity contribution in [3.8, 4) is 5.82 Å². The van der Waals surface area contributed by atoms with Crippen LogP contribution in [0.5, 0.6) is 0 Å². The molecular formula is C28H32F3N9O. The van der Waals surface area contributed by atoms with Gasteiger partial charge in [-0.2, -0.15) is 13.2 Å². The smallest absolute Gasteiger partial charge is 0.373 e. The van der Waals surface area contributed by atoms with Crippen LogP contribution in [0.25, 0.3) is 5.82 Å². The van der Waals surface area contributed by atoms with E-state index >= 15 is 0 Å². The zero-order chi connectivity index (χ0) is 29.4. The lowest BCUT2D eigenvalue weighted by molar-refractivity contribution is -0.138. The normalized spacial score (nSPS) is 11.4. The first-order chi connectivity index (χ1) is 19.7. The van der Waals surface area contributed by atoms with E-state index in [0.29, 0.717) is 42.0 Å². The van der Waals surface area contributed by atoms with Gasteiger partial charge in [0.05, 0.1) is 5.56 Å². The minimum atomic E-state index is -4.60. The second-order valence-electron chi connectivity index (χ2n) is 9.14. The van der Waals surface area contributed by atoms with Crippen LogP contribution in [0.4, 0.5) is 36.3 Å².